The molecule has 0 aliphatic carbocycles. The molecule has 1 radical (unpaired) electrons. The fourth-order valence-corrected chi connectivity index (χ4v) is 1.83. The first-order valence-corrected chi connectivity index (χ1v) is 6.01. The first-order valence-electron chi connectivity index (χ1n) is 6.01. The molecule has 0 saturated heterocycles. The number of nitrogens with zero attached hydrogens (tertiary/aromatic N) is 3. The Bertz CT molecular complexity index is 436. The van der Waals surface area contributed by atoms with E-state index in [-0.39, 0.29) is 0 Å². The number of benzene rings is 1. The Labute approximate surface area is 101 Å². The number of hydrogen-bond donors (Lipinski definition) is 1. The molecule has 1 N–H and O–H groups in total. The predicted octanol–water partition coefficient (Wildman–Crippen LogP) is 2.80. The minimum Gasteiger partial charge on any atom is -0.239 e. The largest absolute Gasteiger partial charge is 0.239 e. The highest BCUT2D eigenvalue weighted by atomic mass is 15.5. The van der Waals surface area contributed by atoms with Crippen LogP contribution < -0.4 is 0 Å². The van der Waals surface area contributed by atoms with Crippen molar-refractivity contribution in [1.82, 2.24) is 20.6 Å². The topological polar surface area (TPSA) is 54.5 Å². The number of aromatic amines is 1. The van der Waals surface area contributed by atoms with E-state index in [9.17, 15) is 0 Å². The van der Waals surface area contributed by atoms with Gasteiger partial charge in [0.05, 0.1) is 0 Å². The highest BCUT2D eigenvalue weighted by Gasteiger charge is 2.02. The lowest BCUT2D eigenvalue weighted by Crippen LogP contribution is -1.88. The normalized spacial score (nSPS) is 10.6. The van der Waals surface area contributed by atoms with E-state index in [2.05, 4.69) is 52.2 Å². The quantitative estimate of drug-likeness (QED) is 0.775. The lowest BCUT2D eigenvalue weighted by molar-refractivity contribution is 0.727. The Morgan fingerprint density at radius 3 is 3.00 bits per heavy atom. The molecule has 0 aliphatic heterocycles. The number of rotatable bonds is 6. The van der Waals surface area contributed by atoms with Crippen LogP contribution in [0.25, 0.3) is 11.4 Å². The van der Waals surface area contributed by atoms with Gasteiger partial charge in [0.2, 0.25) is 0 Å². The second-order valence-corrected chi connectivity index (χ2v) is 4.10. The smallest absolute Gasteiger partial charge is 0.179 e. The molecule has 0 unspecified atom stereocenters. The van der Waals surface area contributed by atoms with Gasteiger partial charge in [-0.3, -0.25) is 0 Å². The van der Waals surface area contributed by atoms with Gasteiger partial charge in [-0.05, 0) is 41.3 Å². The Morgan fingerprint density at radius 2 is 2.24 bits per heavy atom. The molecule has 0 saturated carbocycles. The monoisotopic (exact) mass is 229 g/mol. The molecule has 4 heteroatoms. The lowest BCUT2D eigenvalue weighted by Gasteiger charge is -2.02. The van der Waals surface area contributed by atoms with Crippen LogP contribution in [0, 0.1) is 6.42 Å². The lowest BCUT2D eigenvalue weighted by atomic mass is 10.0. The molecule has 89 valence electrons. The predicted molar refractivity (Wildman–Crippen MR) is 67.1 cm³/mol. The van der Waals surface area contributed by atoms with Crippen molar-refractivity contribution in [2.45, 2.75) is 32.6 Å². The van der Waals surface area contributed by atoms with E-state index in [1.807, 2.05) is 6.07 Å². The highest BCUT2D eigenvalue weighted by molar-refractivity contribution is 5.54. The second kappa shape index (κ2) is 6.13. The summed E-state index contributed by atoms with van der Waals surface area (Å²) in [6, 6.07) is 8.38. The second-order valence-electron chi connectivity index (χ2n) is 4.10. The van der Waals surface area contributed by atoms with Gasteiger partial charge in [0.25, 0.3) is 0 Å². The fraction of sp³-hybridized carbons (Fsp3) is 0.385. The standard InChI is InChI=1S/C13H17N4/c1-2-3-4-5-7-11-8-6-9-12(10-11)13-14-16-17-15-13/h2,6,8-10H,3-5,7H2,1H3,(H,14,15,16,17). The minimum absolute atomic E-state index is 0.730. The van der Waals surface area contributed by atoms with Gasteiger partial charge >= 0.3 is 0 Å². The van der Waals surface area contributed by atoms with E-state index in [0.29, 0.717) is 0 Å². The summed E-state index contributed by atoms with van der Waals surface area (Å²) in [4.78, 5) is 0. The Morgan fingerprint density at radius 1 is 1.29 bits per heavy atom. The number of H-pyrrole nitrogens is 1. The zero-order chi connectivity index (χ0) is 11.9. The van der Waals surface area contributed by atoms with E-state index in [0.717, 1.165) is 17.8 Å². The van der Waals surface area contributed by atoms with Crippen LogP contribution in [0.4, 0.5) is 0 Å². The third kappa shape index (κ3) is 3.37. The van der Waals surface area contributed by atoms with Crippen LogP contribution in [0.2, 0.25) is 0 Å². The van der Waals surface area contributed by atoms with Crippen molar-refractivity contribution in [3.8, 4) is 11.4 Å². The van der Waals surface area contributed by atoms with E-state index in [4.69, 9.17) is 0 Å². The van der Waals surface area contributed by atoms with Gasteiger partial charge in [-0.2, -0.15) is 0 Å². The fourth-order valence-electron chi connectivity index (χ4n) is 1.83. The number of tetrazole rings is 1. The molecule has 1 heterocycles. The molecule has 0 amide bonds. The van der Waals surface area contributed by atoms with E-state index >= 15 is 0 Å². The van der Waals surface area contributed by atoms with Crippen molar-refractivity contribution < 1.29 is 0 Å². The molecule has 0 spiro atoms. The Kier molecular flexibility index (Phi) is 4.24. The molecule has 0 aliphatic rings. The summed E-state index contributed by atoms with van der Waals surface area (Å²) in [5, 5.41) is 13.9. The van der Waals surface area contributed by atoms with E-state index in [1.54, 1.807) is 0 Å². The molecule has 0 bridgehead atoms. The SMILES string of the molecule is C[CH]CCCCc1cccc(-c2nnn[nH]2)c1. The first kappa shape index (κ1) is 11.8. The summed E-state index contributed by atoms with van der Waals surface area (Å²) >= 11 is 0. The van der Waals surface area contributed by atoms with Gasteiger partial charge in [0.15, 0.2) is 5.82 Å². The van der Waals surface area contributed by atoms with Crippen molar-refractivity contribution in [2.75, 3.05) is 0 Å². The van der Waals surface area contributed by atoms with Crippen LogP contribution in [0.3, 0.4) is 0 Å². The molecule has 1 aromatic carbocycles. The third-order valence-electron chi connectivity index (χ3n) is 2.75. The van der Waals surface area contributed by atoms with Gasteiger partial charge in [0.1, 0.15) is 0 Å². The maximum Gasteiger partial charge on any atom is 0.179 e. The number of unbranched alkanes of at least 4 members (excludes halogenated alkanes) is 3. The van der Waals surface area contributed by atoms with Crippen molar-refractivity contribution in [2.24, 2.45) is 0 Å². The summed E-state index contributed by atoms with van der Waals surface area (Å²) < 4.78 is 0. The summed E-state index contributed by atoms with van der Waals surface area (Å²) in [5.41, 5.74) is 2.39. The molecule has 4 nitrogen and oxygen atoms in total. The summed E-state index contributed by atoms with van der Waals surface area (Å²) in [7, 11) is 0. The number of hydrogen-bond acceptors (Lipinski definition) is 3. The van der Waals surface area contributed by atoms with Crippen LogP contribution >= 0.6 is 0 Å². The summed E-state index contributed by atoms with van der Waals surface area (Å²) in [5.74, 6) is 0.730. The molecule has 0 atom stereocenters. The Balaban J connectivity index is 1.97. The van der Waals surface area contributed by atoms with Gasteiger partial charge in [-0.15, -0.1) is 5.10 Å². The van der Waals surface area contributed by atoms with Crippen molar-refractivity contribution >= 4 is 0 Å². The molecular formula is C13H17N4. The van der Waals surface area contributed by atoms with Gasteiger partial charge in [0, 0.05) is 5.56 Å². The minimum atomic E-state index is 0.730. The molecule has 2 aromatic rings. The van der Waals surface area contributed by atoms with E-state index in [1.165, 1.54) is 24.8 Å². The maximum absolute atomic E-state index is 3.92. The molecule has 0 fully saturated rings. The first-order chi connectivity index (χ1) is 8.40. The van der Waals surface area contributed by atoms with Crippen LogP contribution in [-0.4, -0.2) is 20.6 Å². The van der Waals surface area contributed by atoms with Gasteiger partial charge in [-0.25, -0.2) is 5.10 Å². The van der Waals surface area contributed by atoms with Gasteiger partial charge in [-0.1, -0.05) is 38.0 Å². The number of aryl methyl sites for hydroxylation is 1. The molecule has 2 rings (SSSR count). The third-order valence-corrected chi connectivity index (χ3v) is 2.75. The average Bonchev–Trinajstić information content (AvgIpc) is 2.89. The van der Waals surface area contributed by atoms with Crippen molar-refractivity contribution in [1.29, 1.82) is 0 Å². The molecule has 17 heavy (non-hydrogen) atoms. The van der Waals surface area contributed by atoms with E-state index < -0.39 is 0 Å². The van der Waals surface area contributed by atoms with Crippen LogP contribution in [0.5, 0.6) is 0 Å². The van der Waals surface area contributed by atoms with Crippen molar-refractivity contribution in [3.63, 3.8) is 0 Å². The maximum atomic E-state index is 3.92. The molecule has 1 aromatic heterocycles. The molecular weight excluding hydrogens is 212 g/mol. The average molecular weight is 229 g/mol. The van der Waals surface area contributed by atoms with Crippen LogP contribution in [-0.2, 0) is 6.42 Å². The Hall–Kier alpha value is -1.71. The van der Waals surface area contributed by atoms with Crippen LogP contribution in [0.1, 0.15) is 31.7 Å². The van der Waals surface area contributed by atoms with Crippen molar-refractivity contribution in [3.05, 3.63) is 36.2 Å². The number of nitrogens with one attached hydrogen (secondary N) is 1. The highest BCUT2D eigenvalue weighted by Crippen LogP contribution is 2.16. The number of aromatic nitrogens is 4. The summed E-state index contributed by atoms with van der Waals surface area (Å²) in [6.07, 6.45) is 7.01. The van der Waals surface area contributed by atoms with Gasteiger partial charge < -0.3 is 0 Å². The zero-order valence-corrected chi connectivity index (χ0v) is 10.1. The van der Waals surface area contributed by atoms with Crippen LogP contribution in [0.15, 0.2) is 24.3 Å². The zero-order valence-electron chi connectivity index (χ0n) is 10.1. The summed E-state index contributed by atoms with van der Waals surface area (Å²) in [6.45, 7) is 2.11.